The third-order valence-electron chi connectivity index (χ3n) is 3.71. The number of alkyl halides is 3. The van der Waals surface area contributed by atoms with Crippen LogP contribution in [0, 0.1) is 0 Å². The first kappa shape index (κ1) is 22.0. The average Bonchev–Trinajstić information content (AvgIpc) is 3.27. The Morgan fingerprint density at radius 3 is 2.53 bits per heavy atom. The molecule has 1 aromatic carbocycles. The van der Waals surface area contributed by atoms with E-state index in [1.54, 1.807) is 12.1 Å². The summed E-state index contributed by atoms with van der Waals surface area (Å²) < 4.78 is 45.6. The first-order valence-corrected chi connectivity index (χ1v) is 9.83. The Kier molecular flexibility index (Phi) is 6.04. The zero-order valence-electron chi connectivity index (χ0n) is 16.1. The Balaban J connectivity index is 1.77. The summed E-state index contributed by atoms with van der Waals surface area (Å²) >= 11 is 7.28. The molecule has 0 aliphatic heterocycles. The minimum atomic E-state index is -4.69. The van der Waals surface area contributed by atoms with Gasteiger partial charge in [0.1, 0.15) is 5.01 Å². The number of carbonyl (C=O) groups is 1. The number of para-hydroxylation sites is 1. The third-order valence-corrected chi connectivity index (χ3v) is 5.30. The Morgan fingerprint density at radius 1 is 1.23 bits per heavy atom. The van der Waals surface area contributed by atoms with Gasteiger partial charge in [-0.3, -0.25) is 10.1 Å². The molecule has 2 aromatic heterocycles. The minimum Gasteiger partial charge on any atom is -0.467 e. The van der Waals surface area contributed by atoms with E-state index >= 15 is 0 Å². The Bertz CT molecular complexity index is 1060. The zero-order chi connectivity index (χ0) is 22.1. The van der Waals surface area contributed by atoms with Crippen LogP contribution in [0.3, 0.4) is 0 Å². The second-order valence-electron chi connectivity index (χ2n) is 7.23. The number of ether oxygens (including phenoxy) is 1. The Labute approximate surface area is 178 Å². The van der Waals surface area contributed by atoms with Gasteiger partial charge in [-0.25, -0.2) is 0 Å². The predicted molar refractivity (Wildman–Crippen MR) is 106 cm³/mol. The van der Waals surface area contributed by atoms with Crippen LogP contribution in [0.1, 0.15) is 31.5 Å². The number of hydrogen-bond donors (Lipinski definition) is 1. The number of carbonyl (C=O) groups excluding carboxylic acids is 1. The number of halogens is 4. The van der Waals surface area contributed by atoms with Crippen LogP contribution in [0.2, 0.25) is 5.02 Å². The van der Waals surface area contributed by atoms with Crippen LogP contribution in [-0.4, -0.2) is 32.5 Å². The second-order valence-corrected chi connectivity index (χ2v) is 8.61. The SMILES string of the molecule is CC(C)(C)c1nnc(NC(=O)COc2cc(C(F)(F)F)nn2-c2ccccc2Cl)s1. The normalized spacial score (nSPS) is 12.1. The lowest BCUT2D eigenvalue weighted by atomic mass is 9.98. The van der Waals surface area contributed by atoms with Crippen LogP contribution < -0.4 is 10.1 Å². The van der Waals surface area contributed by atoms with Crippen molar-refractivity contribution in [3.05, 3.63) is 46.1 Å². The number of amides is 1. The van der Waals surface area contributed by atoms with Crippen LogP contribution >= 0.6 is 22.9 Å². The van der Waals surface area contributed by atoms with Crippen molar-refractivity contribution in [2.24, 2.45) is 0 Å². The molecule has 2 heterocycles. The summed E-state index contributed by atoms with van der Waals surface area (Å²) in [6.45, 7) is 5.31. The van der Waals surface area contributed by atoms with Crippen molar-refractivity contribution in [1.82, 2.24) is 20.0 Å². The van der Waals surface area contributed by atoms with Crippen molar-refractivity contribution < 1.29 is 22.7 Å². The number of rotatable bonds is 5. The molecule has 3 rings (SSSR count). The molecule has 0 fully saturated rings. The van der Waals surface area contributed by atoms with Crippen molar-refractivity contribution >= 4 is 34.0 Å². The maximum absolute atomic E-state index is 13.1. The van der Waals surface area contributed by atoms with Crippen molar-refractivity contribution in [3.63, 3.8) is 0 Å². The molecule has 0 atom stereocenters. The van der Waals surface area contributed by atoms with Crippen molar-refractivity contribution in [1.29, 1.82) is 0 Å². The van der Waals surface area contributed by atoms with Crippen LogP contribution in [0.5, 0.6) is 5.88 Å². The number of nitrogens with zero attached hydrogens (tertiary/aromatic N) is 4. The maximum atomic E-state index is 13.1. The summed E-state index contributed by atoms with van der Waals surface area (Å²) in [5.74, 6) is -0.884. The van der Waals surface area contributed by atoms with Gasteiger partial charge in [-0.2, -0.15) is 23.0 Å². The highest BCUT2D eigenvalue weighted by Crippen LogP contribution is 2.33. The van der Waals surface area contributed by atoms with E-state index in [0.717, 1.165) is 9.69 Å². The number of benzene rings is 1. The number of anilines is 1. The fourth-order valence-electron chi connectivity index (χ4n) is 2.27. The Morgan fingerprint density at radius 2 is 1.93 bits per heavy atom. The molecule has 0 saturated heterocycles. The second kappa shape index (κ2) is 8.23. The molecule has 0 aliphatic rings. The first-order chi connectivity index (χ1) is 13.9. The van der Waals surface area contributed by atoms with Gasteiger partial charge in [0.2, 0.25) is 11.0 Å². The number of hydrogen-bond acceptors (Lipinski definition) is 6. The molecule has 0 radical (unpaired) electrons. The van der Waals surface area contributed by atoms with E-state index < -0.39 is 24.4 Å². The molecular formula is C18H17ClF3N5O2S. The molecule has 0 aliphatic carbocycles. The highest BCUT2D eigenvalue weighted by molar-refractivity contribution is 7.15. The molecule has 12 heteroatoms. The minimum absolute atomic E-state index is 0.173. The van der Waals surface area contributed by atoms with E-state index in [-0.39, 0.29) is 27.1 Å². The topological polar surface area (TPSA) is 81.9 Å². The van der Waals surface area contributed by atoms with Crippen LogP contribution in [0.4, 0.5) is 18.3 Å². The molecule has 7 nitrogen and oxygen atoms in total. The largest absolute Gasteiger partial charge is 0.467 e. The van der Waals surface area contributed by atoms with Gasteiger partial charge in [0.25, 0.3) is 5.91 Å². The van der Waals surface area contributed by atoms with Gasteiger partial charge in [-0.15, -0.1) is 10.2 Å². The molecule has 1 amide bonds. The summed E-state index contributed by atoms with van der Waals surface area (Å²) in [7, 11) is 0. The third kappa shape index (κ3) is 5.08. The average molecular weight is 460 g/mol. The summed E-state index contributed by atoms with van der Waals surface area (Å²) in [6, 6.07) is 6.92. The van der Waals surface area contributed by atoms with E-state index in [2.05, 4.69) is 20.6 Å². The van der Waals surface area contributed by atoms with Crippen LogP contribution in [0.15, 0.2) is 30.3 Å². The summed E-state index contributed by atoms with van der Waals surface area (Å²) in [5.41, 5.74) is -1.21. The fraction of sp³-hybridized carbons (Fsp3) is 0.333. The fourth-order valence-corrected chi connectivity index (χ4v) is 3.31. The lowest BCUT2D eigenvalue weighted by Gasteiger charge is -2.12. The van der Waals surface area contributed by atoms with Crippen molar-refractivity contribution in [2.75, 3.05) is 11.9 Å². The molecule has 0 saturated carbocycles. The van der Waals surface area contributed by atoms with Crippen LogP contribution in [-0.2, 0) is 16.4 Å². The Hall–Kier alpha value is -2.66. The van der Waals surface area contributed by atoms with Gasteiger partial charge < -0.3 is 4.74 Å². The molecular weight excluding hydrogens is 443 g/mol. The lowest BCUT2D eigenvalue weighted by molar-refractivity contribution is -0.141. The van der Waals surface area contributed by atoms with Gasteiger partial charge in [-0.1, -0.05) is 55.8 Å². The van der Waals surface area contributed by atoms with Gasteiger partial charge >= 0.3 is 6.18 Å². The lowest BCUT2D eigenvalue weighted by Crippen LogP contribution is -2.21. The quantitative estimate of drug-likeness (QED) is 0.597. The predicted octanol–water partition coefficient (Wildman–Crippen LogP) is 4.71. The highest BCUT2D eigenvalue weighted by Gasteiger charge is 2.36. The first-order valence-electron chi connectivity index (χ1n) is 8.64. The van der Waals surface area contributed by atoms with Crippen molar-refractivity contribution in [2.45, 2.75) is 32.4 Å². The van der Waals surface area contributed by atoms with E-state index in [4.69, 9.17) is 16.3 Å². The molecule has 160 valence electrons. The summed E-state index contributed by atoms with van der Waals surface area (Å²) in [4.78, 5) is 12.2. The molecule has 30 heavy (non-hydrogen) atoms. The van der Waals surface area contributed by atoms with E-state index in [9.17, 15) is 18.0 Å². The van der Waals surface area contributed by atoms with E-state index in [1.165, 1.54) is 23.5 Å². The molecule has 0 spiro atoms. The highest BCUT2D eigenvalue weighted by atomic mass is 35.5. The monoisotopic (exact) mass is 459 g/mol. The van der Waals surface area contributed by atoms with Gasteiger partial charge in [0.15, 0.2) is 12.3 Å². The van der Waals surface area contributed by atoms with Gasteiger partial charge in [0.05, 0.1) is 10.7 Å². The van der Waals surface area contributed by atoms with Gasteiger partial charge in [0, 0.05) is 11.5 Å². The smallest absolute Gasteiger partial charge is 0.435 e. The maximum Gasteiger partial charge on any atom is 0.435 e. The molecule has 0 unspecified atom stereocenters. The summed E-state index contributed by atoms with van der Waals surface area (Å²) in [6.07, 6.45) is -4.69. The number of nitrogens with one attached hydrogen (secondary N) is 1. The standard InChI is InChI=1S/C18H17ClF3N5O2S/c1-17(2,3)15-24-25-16(30-15)23-13(28)9-29-14-8-12(18(20,21)22)26-27(14)11-7-5-4-6-10(11)19/h4-8H,9H2,1-3H3,(H,23,25,28). The summed E-state index contributed by atoms with van der Waals surface area (Å²) in [5, 5.41) is 15.1. The van der Waals surface area contributed by atoms with Crippen molar-refractivity contribution in [3.8, 4) is 11.6 Å². The molecule has 0 bridgehead atoms. The van der Waals surface area contributed by atoms with E-state index in [1.807, 2.05) is 20.8 Å². The molecule has 1 N–H and O–H groups in total. The van der Waals surface area contributed by atoms with Gasteiger partial charge in [-0.05, 0) is 12.1 Å². The zero-order valence-corrected chi connectivity index (χ0v) is 17.7. The van der Waals surface area contributed by atoms with Crippen LogP contribution in [0.25, 0.3) is 5.69 Å². The number of aromatic nitrogens is 4. The van der Waals surface area contributed by atoms with E-state index in [0.29, 0.717) is 6.07 Å². The molecule has 3 aromatic rings.